The van der Waals surface area contributed by atoms with Gasteiger partial charge in [-0.1, -0.05) is 23.7 Å². The molecule has 0 radical (unpaired) electrons. The molecule has 0 atom stereocenters. The van der Waals surface area contributed by atoms with Crippen molar-refractivity contribution >= 4 is 17.2 Å². The summed E-state index contributed by atoms with van der Waals surface area (Å²) in [6.07, 6.45) is 4.05. The van der Waals surface area contributed by atoms with Crippen molar-refractivity contribution in [2.45, 2.75) is 6.92 Å². The summed E-state index contributed by atoms with van der Waals surface area (Å²) in [5.41, 5.74) is 4.23. The van der Waals surface area contributed by atoms with Crippen molar-refractivity contribution < 1.29 is 0 Å². The number of hydrogen-bond donors (Lipinski definition) is 0. The Kier molecular flexibility index (Phi) is 2.37. The molecule has 84 valence electrons. The van der Waals surface area contributed by atoms with E-state index in [0.29, 0.717) is 0 Å². The number of imidazole rings is 1. The van der Waals surface area contributed by atoms with Crippen LogP contribution in [0.15, 0.2) is 48.8 Å². The Morgan fingerprint density at radius 2 is 1.88 bits per heavy atom. The van der Waals surface area contributed by atoms with Gasteiger partial charge in [-0.2, -0.15) is 0 Å². The lowest BCUT2D eigenvalue weighted by Crippen LogP contribution is -1.81. The summed E-state index contributed by atoms with van der Waals surface area (Å²) in [5.74, 6) is 0. The van der Waals surface area contributed by atoms with E-state index in [0.717, 1.165) is 21.9 Å². The molecule has 3 aromatic rings. The van der Waals surface area contributed by atoms with E-state index in [2.05, 4.69) is 24.0 Å². The Morgan fingerprint density at radius 3 is 2.65 bits per heavy atom. The van der Waals surface area contributed by atoms with Crippen LogP contribution in [0, 0.1) is 6.92 Å². The van der Waals surface area contributed by atoms with Gasteiger partial charge in [-0.3, -0.25) is 0 Å². The summed E-state index contributed by atoms with van der Waals surface area (Å²) in [5, 5.41) is 0.744. The number of nitrogens with zero attached hydrogens (tertiary/aromatic N) is 2. The van der Waals surface area contributed by atoms with Crippen molar-refractivity contribution in [3.8, 4) is 11.3 Å². The van der Waals surface area contributed by atoms with Crippen molar-refractivity contribution in [2.75, 3.05) is 0 Å². The monoisotopic (exact) mass is 242 g/mol. The van der Waals surface area contributed by atoms with Gasteiger partial charge in [0, 0.05) is 23.0 Å². The van der Waals surface area contributed by atoms with E-state index >= 15 is 0 Å². The number of benzene rings is 1. The molecular formula is C14H11ClN2. The highest BCUT2D eigenvalue weighted by Crippen LogP contribution is 2.21. The Balaban J connectivity index is 2.14. The molecule has 0 aliphatic heterocycles. The number of fused-ring (bicyclic) bond motifs is 1. The predicted molar refractivity (Wildman–Crippen MR) is 70.4 cm³/mol. The zero-order valence-electron chi connectivity index (χ0n) is 9.39. The molecule has 3 rings (SSSR count). The minimum atomic E-state index is 0.744. The minimum absolute atomic E-state index is 0.744. The second kappa shape index (κ2) is 3.90. The van der Waals surface area contributed by atoms with Crippen LogP contribution in [0.3, 0.4) is 0 Å². The van der Waals surface area contributed by atoms with Crippen molar-refractivity contribution in [3.63, 3.8) is 0 Å². The molecule has 0 saturated heterocycles. The first-order valence-electron chi connectivity index (χ1n) is 5.44. The second-order valence-corrected chi connectivity index (χ2v) is 4.54. The van der Waals surface area contributed by atoms with Crippen LogP contribution in [0.4, 0.5) is 0 Å². The molecule has 2 aromatic heterocycles. The topological polar surface area (TPSA) is 17.3 Å². The largest absolute Gasteiger partial charge is 0.306 e. The summed E-state index contributed by atoms with van der Waals surface area (Å²) in [6.45, 7) is 2.07. The molecule has 3 heteroatoms. The minimum Gasteiger partial charge on any atom is -0.306 e. The number of aromatic nitrogens is 2. The van der Waals surface area contributed by atoms with Crippen molar-refractivity contribution in [1.29, 1.82) is 0 Å². The maximum Gasteiger partial charge on any atom is 0.137 e. The molecule has 0 aliphatic rings. The lowest BCUT2D eigenvalue weighted by Gasteiger charge is -1.94. The van der Waals surface area contributed by atoms with Crippen LogP contribution in [0.25, 0.3) is 16.9 Å². The van der Waals surface area contributed by atoms with Crippen molar-refractivity contribution in [1.82, 2.24) is 9.38 Å². The molecule has 2 nitrogen and oxygen atoms in total. The predicted octanol–water partition coefficient (Wildman–Crippen LogP) is 3.96. The van der Waals surface area contributed by atoms with Crippen LogP contribution in [0.1, 0.15) is 5.56 Å². The van der Waals surface area contributed by atoms with Gasteiger partial charge >= 0.3 is 0 Å². The van der Waals surface area contributed by atoms with Crippen molar-refractivity contribution in [3.05, 3.63) is 59.4 Å². The van der Waals surface area contributed by atoms with Crippen LogP contribution in [0.2, 0.25) is 5.02 Å². The van der Waals surface area contributed by atoms with E-state index in [-0.39, 0.29) is 0 Å². The summed E-state index contributed by atoms with van der Waals surface area (Å²) in [6, 6.07) is 11.9. The molecule has 0 saturated carbocycles. The molecule has 1 aromatic carbocycles. The van der Waals surface area contributed by atoms with Crippen LogP contribution in [-0.4, -0.2) is 9.38 Å². The van der Waals surface area contributed by atoms with E-state index in [1.54, 1.807) is 0 Å². The molecule has 0 bridgehead atoms. The first-order chi connectivity index (χ1) is 8.22. The number of aryl methyl sites for hydroxylation is 1. The van der Waals surface area contributed by atoms with Crippen LogP contribution in [-0.2, 0) is 0 Å². The molecule has 17 heavy (non-hydrogen) atoms. The lowest BCUT2D eigenvalue weighted by atomic mass is 10.2. The highest BCUT2D eigenvalue weighted by Gasteiger charge is 2.03. The van der Waals surface area contributed by atoms with E-state index in [9.17, 15) is 0 Å². The van der Waals surface area contributed by atoms with Gasteiger partial charge in [-0.15, -0.1) is 0 Å². The molecule has 0 amide bonds. The van der Waals surface area contributed by atoms with Gasteiger partial charge in [-0.05, 0) is 36.8 Å². The van der Waals surface area contributed by atoms with Crippen LogP contribution >= 0.6 is 11.6 Å². The van der Waals surface area contributed by atoms with Gasteiger partial charge in [0.1, 0.15) is 5.65 Å². The SMILES string of the molecule is Cc1ccn2cc(-c3ccc(Cl)cc3)nc2c1. The number of rotatable bonds is 1. The van der Waals surface area contributed by atoms with Gasteiger partial charge in [0.15, 0.2) is 0 Å². The van der Waals surface area contributed by atoms with Gasteiger partial charge in [0.2, 0.25) is 0 Å². The summed E-state index contributed by atoms with van der Waals surface area (Å²) >= 11 is 5.87. The maximum absolute atomic E-state index is 5.87. The fraction of sp³-hybridized carbons (Fsp3) is 0.0714. The van der Waals surface area contributed by atoms with E-state index in [1.807, 2.05) is 41.1 Å². The summed E-state index contributed by atoms with van der Waals surface area (Å²) in [4.78, 5) is 4.59. The van der Waals surface area contributed by atoms with Gasteiger partial charge in [0.05, 0.1) is 5.69 Å². The normalized spacial score (nSPS) is 10.9. The van der Waals surface area contributed by atoms with Gasteiger partial charge in [0.25, 0.3) is 0 Å². The Hall–Kier alpha value is -1.80. The highest BCUT2D eigenvalue weighted by atomic mass is 35.5. The Labute approximate surface area is 104 Å². The Morgan fingerprint density at radius 1 is 1.12 bits per heavy atom. The van der Waals surface area contributed by atoms with E-state index < -0.39 is 0 Å². The zero-order valence-corrected chi connectivity index (χ0v) is 10.1. The zero-order chi connectivity index (χ0) is 11.8. The fourth-order valence-corrected chi connectivity index (χ4v) is 1.97. The standard InChI is InChI=1S/C14H11ClN2/c1-10-6-7-17-9-13(16-14(17)8-10)11-2-4-12(15)5-3-11/h2-9H,1H3. The molecule has 2 heterocycles. The van der Waals surface area contributed by atoms with Crippen LogP contribution < -0.4 is 0 Å². The highest BCUT2D eigenvalue weighted by molar-refractivity contribution is 6.30. The first-order valence-corrected chi connectivity index (χ1v) is 5.81. The molecule has 0 aliphatic carbocycles. The van der Waals surface area contributed by atoms with Crippen molar-refractivity contribution in [2.24, 2.45) is 0 Å². The Bertz CT molecular complexity index is 668. The summed E-state index contributed by atoms with van der Waals surface area (Å²) < 4.78 is 2.02. The average Bonchev–Trinajstić information content (AvgIpc) is 2.72. The van der Waals surface area contributed by atoms with E-state index in [1.165, 1.54) is 5.56 Å². The van der Waals surface area contributed by atoms with Gasteiger partial charge in [-0.25, -0.2) is 4.98 Å². The molecule has 0 unspecified atom stereocenters. The first kappa shape index (κ1) is 10.4. The number of halogens is 1. The quantitative estimate of drug-likeness (QED) is 0.631. The molecular weight excluding hydrogens is 232 g/mol. The third kappa shape index (κ3) is 1.92. The number of hydrogen-bond acceptors (Lipinski definition) is 1. The molecule has 0 N–H and O–H groups in total. The summed E-state index contributed by atoms with van der Waals surface area (Å²) in [7, 11) is 0. The number of pyridine rings is 1. The molecule has 0 spiro atoms. The smallest absolute Gasteiger partial charge is 0.137 e. The third-order valence-electron chi connectivity index (χ3n) is 2.76. The van der Waals surface area contributed by atoms with Gasteiger partial charge < -0.3 is 4.40 Å². The molecule has 0 fully saturated rings. The third-order valence-corrected chi connectivity index (χ3v) is 3.01. The second-order valence-electron chi connectivity index (χ2n) is 4.10. The fourth-order valence-electron chi connectivity index (χ4n) is 1.84. The maximum atomic E-state index is 5.87. The van der Waals surface area contributed by atoms with Crippen LogP contribution in [0.5, 0.6) is 0 Å². The van der Waals surface area contributed by atoms with E-state index in [4.69, 9.17) is 11.6 Å². The average molecular weight is 243 g/mol. The lowest BCUT2D eigenvalue weighted by molar-refractivity contribution is 1.17.